The smallest absolute Gasteiger partial charge is 0.323 e. The van der Waals surface area contributed by atoms with Gasteiger partial charge in [-0.15, -0.1) is 0 Å². The van der Waals surface area contributed by atoms with E-state index in [0.29, 0.717) is 13.2 Å². The molecule has 1 rings (SSSR count). The molecule has 0 aromatic carbocycles. The number of rotatable bonds is 6. The molecule has 0 radical (unpaired) electrons. The van der Waals surface area contributed by atoms with Gasteiger partial charge in [-0.25, -0.2) is 4.79 Å². The molecule has 1 fully saturated rings. The zero-order valence-corrected chi connectivity index (χ0v) is 9.68. The minimum atomic E-state index is -0.972. The summed E-state index contributed by atoms with van der Waals surface area (Å²) in [5, 5.41) is 8.73. The summed E-state index contributed by atoms with van der Waals surface area (Å²) in [4.78, 5) is 25.5. The van der Waals surface area contributed by atoms with E-state index in [9.17, 15) is 9.59 Å². The zero-order valence-electron chi connectivity index (χ0n) is 9.68. The van der Waals surface area contributed by atoms with Crippen molar-refractivity contribution in [3.63, 3.8) is 0 Å². The van der Waals surface area contributed by atoms with E-state index in [1.54, 1.807) is 14.2 Å². The van der Waals surface area contributed by atoms with Gasteiger partial charge in [0.1, 0.15) is 6.54 Å². The average Bonchev–Trinajstić information content (AvgIpc) is 3.05. The van der Waals surface area contributed by atoms with Crippen LogP contribution in [0.15, 0.2) is 0 Å². The van der Waals surface area contributed by atoms with Crippen molar-refractivity contribution in [1.82, 2.24) is 9.80 Å². The molecule has 92 valence electrons. The summed E-state index contributed by atoms with van der Waals surface area (Å²) in [6, 6.07) is -0.129. The van der Waals surface area contributed by atoms with Gasteiger partial charge in [-0.05, 0) is 12.8 Å². The lowest BCUT2D eigenvalue weighted by atomic mass is 10.4. The molecular formula is C10H18N2O4. The van der Waals surface area contributed by atoms with Gasteiger partial charge in [-0.1, -0.05) is 0 Å². The number of amides is 2. The first-order chi connectivity index (χ1) is 7.56. The van der Waals surface area contributed by atoms with Gasteiger partial charge in [0, 0.05) is 26.7 Å². The minimum Gasteiger partial charge on any atom is -0.480 e. The van der Waals surface area contributed by atoms with Crippen LogP contribution in [0.2, 0.25) is 0 Å². The van der Waals surface area contributed by atoms with Crippen molar-refractivity contribution in [3.05, 3.63) is 0 Å². The highest BCUT2D eigenvalue weighted by Crippen LogP contribution is 2.27. The molecule has 16 heavy (non-hydrogen) atoms. The number of urea groups is 1. The third kappa shape index (κ3) is 3.69. The van der Waals surface area contributed by atoms with Gasteiger partial charge in [0.2, 0.25) is 0 Å². The largest absolute Gasteiger partial charge is 0.480 e. The van der Waals surface area contributed by atoms with Crippen molar-refractivity contribution in [2.45, 2.75) is 18.9 Å². The Kier molecular flexibility index (Phi) is 4.54. The van der Waals surface area contributed by atoms with Crippen LogP contribution in [-0.2, 0) is 9.53 Å². The molecule has 0 saturated heterocycles. The van der Waals surface area contributed by atoms with E-state index in [1.807, 2.05) is 0 Å². The standard InChI is InChI=1S/C10H18N2O4/c1-11(5-6-16-2)10(15)12(7-9(13)14)8-3-4-8/h8H,3-7H2,1-2H3,(H,13,14). The van der Waals surface area contributed by atoms with Crippen molar-refractivity contribution < 1.29 is 19.4 Å². The summed E-state index contributed by atoms with van der Waals surface area (Å²) >= 11 is 0. The predicted octanol–water partition coefficient (Wildman–Crippen LogP) is 0.234. The Morgan fingerprint density at radius 1 is 1.44 bits per heavy atom. The number of carboxylic acids is 1. The second-order valence-electron chi connectivity index (χ2n) is 3.95. The lowest BCUT2D eigenvalue weighted by molar-refractivity contribution is -0.137. The molecule has 0 bridgehead atoms. The first-order valence-electron chi connectivity index (χ1n) is 5.28. The molecule has 0 aliphatic heterocycles. The first kappa shape index (κ1) is 12.8. The number of carbonyl (C=O) groups excluding carboxylic acids is 1. The van der Waals surface area contributed by atoms with E-state index in [0.717, 1.165) is 12.8 Å². The number of nitrogens with zero attached hydrogens (tertiary/aromatic N) is 2. The SMILES string of the molecule is COCCN(C)C(=O)N(CC(=O)O)C1CC1. The molecule has 0 spiro atoms. The maximum absolute atomic E-state index is 11.9. The Hall–Kier alpha value is -1.30. The van der Waals surface area contributed by atoms with Gasteiger partial charge in [0.05, 0.1) is 6.61 Å². The summed E-state index contributed by atoms with van der Waals surface area (Å²) in [6.07, 6.45) is 1.80. The molecule has 2 amide bonds. The van der Waals surface area contributed by atoms with E-state index in [1.165, 1.54) is 9.80 Å². The second-order valence-corrected chi connectivity index (χ2v) is 3.95. The van der Waals surface area contributed by atoms with Crippen molar-refractivity contribution in [1.29, 1.82) is 0 Å². The van der Waals surface area contributed by atoms with Crippen LogP contribution in [0.1, 0.15) is 12.8 Å². The number of hydrogen-bond donors (Lipinski definition) is 1. The van der Waals surface area contributed by atoms with Crippen molar-refractivity contribution in [3.8, 4) is 0 Å². The van der Waals surface area contributed by atoms with Crippen molar-refractivity contribution >= 4 is 12.0 Å². The number of likely N-dealkylation sites (N-methyl/N-ethyl adjacent to an activating group) is 1. The highest BCUT2D eigenvalue weighted by molar-refractivity contribution is 5.80. The zero-order chi connectivity index (χ0) is 12.1. The highest BCUT2D eigenvalue weighted by Gasteiger charge is 2.35. The quantitative estimate of drug-likeness (QED) is 0.709. The summed E-state index contributed by atoms with van der Waals surface area (Å²) in [6.45, 7) is 0.701. The molecule has 1 aliphatic carbocycles. The molecule has 1 N–H and O–H groups in total. The van der Waals surface area contributed by atoms with Gasteiger partial charge in [0.25, 0.3) is 0 Å². The Bertz CT molecular complexity index is 266. The maximum atomic E-state index is 11.9. The maximum Gasteiger partial charge on any atom is 0.323 e. The monoisotopic (exact) mass is 230 g/mol. The molecule has 1 saturated carbocycles. The molecule has 0 aromatic heterocycles. The molecule has 6 heteroatoms. The molecule has 0 atom stereocenters. The van der Waals surface area contributed by atoms with E-state index >= 15 is 0 Å². The van der Waals surface area contributed by atoms with Crippen LogP contribution in [0, 0.1) is 0 Å². The Morgan fingerprint density at radius 2 is 2.06 bits per heavy atom. The third-order valence-corrected chi connectivity index (χ3v) is 2.50. The number of aliphatic carboxylic acids is 1. The molecule has 1 aliphatic rings. The fourth-order valence-corrected chi connectivity index (χ4v) is 1.43. The summed E-state index contributed by atoms with van der Waals surface area (Å²) in [5.74, 6) is -0.972. The Morgan fingerprint density at radius 3 is 2.50 bits per heavy atom. The van der Waals surface area contributed by atoms with Crippen LogP contribution in [0.3, 0.4) is 0 Å². The van der Waals surface area contributed by atoms with Gasteiger partial charge in [0.15, 0.2) is 0 Å². The van der Waals surface area contributed by atoms with E-state index in [4.69, 9.17) is 9.84 Å². The number of hydrogen-bond acceptors (Lipinski definition) is 3. The molecule has 6 nitrogen and oxygen atoms in total. The second kappa shape index (κ2) is 5.69. The van der Waals surface area contributed by atoms with Crippen LogP contribution >= 0.6 is 0 Å². The first-order valence-corrected chi connectivity index (χ1v) is 5.28. The lowest BCUT2D eigenvalue weighted by Gasteiger charge is -2.26. The topological polar surface area (TPSA) is 70.1 Å². The third-order valence-electron chi connectivity index (χ3n) is 2.50. The summed E-state index contributed by atoms with van der Waals surface area (Å²) in [5.41, 5.74) is 0. The van der Waals surface area contributed by atoms with Gasteiger partial charge < -0.3 is 19.6 Å². The summed E-state index contributed by atoms with van der Waals surface area (Å²) < 4.78 is 4.87. The Labute approximate surface area is 94.8 Å². The fourth-order valence-electron chi connectivity index (χ4n) is 1.43. The van der Waals surface area contributed by atoms with Crippen LogP contribution < -0.4 is 0 Å². The van der Waals surface area contributed by atoms with Crippen LogP contribution in [0.4, 0.5) is 4.79 Å². The van der Waals surface area contributed by atoms with E-state index in [2.05, 4.69) is 0 Å². The molecule has 0 unspecified atom stereocenters. The van der Waals surface area contributed by atoms with Gasteiger partial charge >= 0.3 is 12.0 Å². The molecule has 0 aromatic rings. The fraction of sp³-hybridized carbons (Fsp3) is 0.800. The van der Waals surface area contributed by atoms with Crippen molar-refractivity contribution in [2.24, 2.45) is 0 Å². The van der Waals surface area contributed by atoms with Gasteiger partial charge in [-0.3, -0.25) is 4.79 Å². The highest BCUT2D eigenvalue weighted by atomic mass is 16.5. The average molecular weight is 230 g/mol. The van der Waals surface area contributed by atoms with Crippen LogP contribution in [0.5, 0.6) is 0 Å². The van der Waals surface area contributed by atoms with Crippen molar-refractivity contribution in [2.75, 3.05) is 33.9 Å². The van der Waals surface area contributed by atoms with Crippen LogP contribution in [-0.4, -0.2) is 66.8 Å². The molecule has 0 heterocycles. The van der Waals surface area contributed by atoms with Crippen LogP contribution in [0.25, 0.3) is 0 Å². The normalized spacial score (nSPS) is 14.6. The number of ether oxygens (including phenoxy) is 1. The van der Waals surface area contributed by atoms with Gasteiger partial charge in [-0.2, -0.15) is 0 Å². The predicted molar refractivity (Wildman–Crippen MR) is 57.3 cm³/mol. The summed E-state index contributed by atoms with van der Waals surface area (Å²) in [7, 11) is 3.22. The lowest BCUT2D eigenvalue weighted by Crippen LogP contribution is -2.45. The number of carbonyl (C=O) groups is 2. The van der Waals surface area contributed by atoms with E-state index in [-0.39, 0.29) is 18.6 Å². The minimum absolute atomic E-state index is 0.105. The molecular weight excluding hydrogens is 212 g/mol. The number of carboxylic acid groups (broad SMARTS) is 1. The number of methoxy groups -OCH3 is 1. The van der Waals surface area contributed by atoms with E-state index < -0.39 is 5.97 Å². The Balaban J connectivity index is 2.49.